The average molecular weight is 283 g/mol. The number of rotatable bonds is 7. The van der Waals surface area contributed by atoms with Gasteiger partial charge in [-0.2, -0.15) is 11.8 Å². The number of nitrogens with one attached hydrogen (secondary N) is 1. The molecule has 1 unspecified atom stereocenters. The maximum absolute atomic E-state index is 11.6. The first-order valence-corrected chi connectivity index (χ1v) is 7.13. The van der Waals surface area contributed by atoms with Crippen molar-refractivity contribution in [2.45, 2.75) is 19.4 Å². The molecule has 0 spiro atoms. The van der Waals surface area contributed by atoms with Gasteiger partial charge < -0.3 is 15.2 Å². The SMILES string of the molecule is CCSCCC(NC(=O)Oc1ccccc1)C(=O)O. The number of hydrogen-bond acceptors (Lipinski definition) is 4. The standard InChI is InChI=1S/C13H17NO4S/c1-2-19-9-8-11(12(15)16)14-13(17)18-10-6-4-3-5-7-10/h3-7,11H,2,8-9H2,1H3,(H,14,17)(H,15,16). The number of carbonyl (C=O) groups is 2. The molecule has 6 heteroatoms. The largest absolute Gasteiger partial charge is 0.480 e. The Kier molecular flexibility index (Phi) is 6.81. The van der Waals surface area contributed by atoms with Gasteiger partial charge in [-0.15, -0.1) is 0 Å². The highest BCUT2D eigenvalue weighted by molar-refractivity contribution is 7.99. The highest BCUT2D eigenvalue weighted by atomic mass is 32.2. The number of hydrogen-bond donors (Lipinski definition) is 2. The monoisotopic (exact) mass is 283 g/mol. The lowest BCUT2D eigenvalue weighted by molar-refractivity contribution is -0.139. The van der Waals surface area contributed by atoms with Crippen LogP contribution in [0.2, 0.25) is 0 Å². The van der Waals surface area contributed by atoms with E-state index in [1.807, 2.05) is 6.92 Å². The molecule has 0 bridgehead atoms. The Morgan fingerprint density at radius 1 is 1.37 bits per heavy atom. The Hall–Kier alpha value is -1.69. The molecule has 2 N–H and O–H groups in total. The molecule has 0 aliphatic heterocycles. The van der Waals surface area contributed by atoms with Gasteiger partial charge in [0.2, 0.25) is 0 Å². The lowest BCUT2D eigenvalue weighted by Crippen LogP contribution is -2.42. The Labute approximate surface area is 116 Å². The molecule has 19 heavy (non-hydrogen) atoms. The first-order valence-electron chi connectivity index (χ1n) is 5.97. The number of aliphatic carboxylic acids is 1. The van der Waals surface area contributed by atoms with Gasteiger partial charge in [0.05, 0.1) is 0 Å². The van der Waals surface area contributed by atoms with E-state index in [0.717, 1.165) is 5.75 Å². The van der Waals surface area contributed by atoms with Gasteiger partial charge in [0.25, 0.3) is 0 Å². The molecule has 0 heterocycles. The van der Waals surface area contributed by atoms with Crippen LogP contribution in [-0.2, 0) is 4.79 Å². The summed E-state index contributed by atoms with van der Waals surface area (Å²) in [6.45, 7) is 2.00. The van der Waals surface area contributed by atoms with Crippen molar-refractivity contribution >= 4 is 23.8 Å². The number of carboxylic acid groups (broad SMARTS) is 1. The third kappa shape index (κ3) is 6.15. The van der Waals surface area contributed by atoms with Crippen LogP contribution in [-0.4, -0.2) is 34.7 Å². The number of benzene rings is 1. The molecular formula is C13H17NO4S. The van der Waals surface area contributed by atoms with Gasteiger partial charge in [0.1, 0.15) is 11.8 Å². The zero-order valence-electron chi connectivity index (χ0n) is 10.7. The van der Waals surface area contributed by atoms with Crippen molar-refractivity contribution in [2.75, 3.05) is 11.5 Å². The van der Waals surface area contributed by atoms with Crippen molar-refractivity contribution in [2.24, 2.45) is 0 Å². The summed E-state index contributed by atoms with van der Waals surface area (Å²) in [4.78, 5) is 22.6. The van der Waals surface area contributed by atoms with Gasteiger partial charge in [-0.25, -0.2) is 9.59 Å². The highest BCUT2D eigenvalue weighted by Crippen LogP contribution is 2.09. The first kappa shape index (κ1) is 15.4. The van der Waals surface area contributed by atoms with Crippen molar-refractivity contribution in [1.29, 1.82) is 0 Å². The maximum atomic E-state index is 11.6. The van der Waals surface area contributed by atoms with Crippen LogP contribution in [0.5, 0.6) is 5.75 Å². The van der Waals surface area contributed by atoms with Gasteiger partial charge >= 0.3 is 12.1 Å². The van der Waals surface area contributed by atoms with E-state index in [4.69, 9.17) is 9.84 Å². The van der Waals surface area contributed by atoms with Crippen molar-refractivity contribution in [1.82, 2.24) is 5.32 Å². The Bertz CT molecular complexity index is 410. The number of amides is 1. The summed E-state index contributed by atoms with van der Waals surface area (Å²) in [7, 11) is 0. The zero-order chi connectivity index (χ0) is 14.1. The summed E-state index contributed by atoms with van der Waals surface area (Å²) in [5, 5.41) is 11.4. The molecular weight excluding hydrogens is 266 g/mol. The van der Waals surface area contributed by atoms with Crippen LogP contribution in [0, 0.1) is 0 Å². The van der Waals surface area contributed by atoms with Gasteiger partial charge in [0.15, 0.2) is 0 Å². The van der Waals surface area contributed by atoms with Gasteiger partial charge in [-0.05, 0) is 30.1 Å². The minimum atomic E-state index is -1.05. The summed E-state index contributed by atoms with van der Waals surface area (Å²) >= 11 is 1.63. The Morgan fingerprint density at radius 3 is 2.63 bits per heavy atom. The number of thioether (sulfide) groups is 1. The maximum Gasteiger partial charge on any atom is 0.413 e. The molecule has 0 aliphatic carbocycles. The molecule has 1 atom stereocenters. The fourth-order valence-electron chi connectivity index (χ4n) is 1.37. The average Bonchev–Trinajstić information content (AvgIpc) is 2.38. The molecule has 1 aromatic rings. The van der Waals surface area contributed by atoms with E-state index < -0.39 is 18.1 Å². The minimum absolute atomic E-state index is 0.373. The normalized spacial score (nSPS) is 11.6. The predicted molar refractivity (Wildman–Crippen MR) is 74.6 cm³/mol. The van der Waals surface area contributed by atoms with E-state index in [0.29, 0.717) is 17.9 Å². The molecule has 1 amide bonds. The second-order valence-electron chi connectivity index (χ2n) is 3.72. The quantitative estimate of drug-likeness (QED) is 0.751. The Balaban J connectivity index is 2.45. The molecule has 1 aromatic carbocycles. The molecule has 104 valence electrons. The lowest BCUT2D eigenvalue weighted by atomic mass is 10.2. The molecule has 1 rings (SSSR count). The third-order valence-corrected chi connectivity index (χ3v) is 3.23. The number of carboxylic acids is 1. The molecule has 0 saturated carbocycles. The van der Waals surface area contributed by atoms with Crippen LogP contribution >= 0.6 is 11.8 Å². The summed E-state index contributed by atoms with van der Waals surface area (Å²) < 4.78 is 4.98. The van der Waals surface area contributed by atoms with Crippen LogP contribution < -0.4 is 10.1 Å². The van der Waals surface area contributed by atoms with Crippen LogP contribution in [0.4, 0.5) is 4.79 Å². The Morgan fingerprint density at radius 2 is 2.05 bits per heavy atom. The molecule has 0 aromatic heterocycles. The minimum Gasteiger partial charge on any atom is -0.480 e. The van der Waals surface area contributed by atoms with E-state index in [1.54, 1.807) is 42.1 Å². The van der Waals surface area contributed by atoms with Gasteiger partial charge in [0, 0.05) is 0 Å². The number of carbonyl (C=O) groups excluding carboxylic acids is 1. The summed E-state index contributed by atoms with van der Waals surface area (Å²) in [5.74, 6) is 0.925. The van der Waals surface area contributed by atoms with E-state index >= 15 is 0 Å². The van der Waals surface area contributed by atoms with Crippen LogP contribution in [0.1, 0.15) is 13.3 Å². The zero-order valence-corrected chi connectivity index (χ0v) is 11.5. The molecule has 5 nitrogen and oxygen atoms in total. The fourth-order valence-corrected chi connectivity index (χ4v) is 2.06. The summed E-state index contributed by atoms with van der Waals surface area (Å²) in [5.41, 5.74) is 0. The predicted octanol–water partition coefficient (Wildman–Crippen LogP) is 2.37. The third-order valence-electron chi connectivity index (χ3n) is 2.30. The molecule has 0 saturated heterocycles. The van der Waals surface area contributed by atoms with E-state index in [-0.39, 0.29) is 0 Å². The molecule has 0 fully saturated rings. The number of para-hydroxylation sites is 1. The first-order chi connectivity index (χ1) is 9.13. The van der Waals surface area contributed by atoms with Crippen molar-refractivity contribution < 1.29 is 19.4 Å². The summed E-state index contributed by atoms with van der Waals surface area (Å²) in [6, 6.07) is 7.59. The topological polar surface area (TPSA) is 75.6 Å². The second kappa shape index (κ2) is 8.42. The van der Waals surface area contributed by atoms with Crippen molar-refractivity contribution in [3.05, 3.63) is 30.3 Å². The van der Waals surface area contributed by atoms with Crippen LogP contribution in [0.3, 0.4) is 0 Å². The van der Waals surface area contributed by atoms with Gasteiger partial charge in [-0.3, -0.25) is 0 Å². The highest BCUT2D eigenvalue weighted by Gasteiger charge is 2.20. The van der Waals surface area contributed by atoms with E-state index in [2.05, 4.69) is 5.32 Å². The fraction of sp³-hybridized carbons (Fsp3) is 0.385. The van der Waals surface area contributed by atoms with E-state index in [9.17, 15) is 9.59 Å². The lowest BCUT2D eigenvalue weighted by Gasteiger charge is -2.14. The van der Waals surface area contributed by atoms with Crippen LogP contribution in [0.25, 0.3) is 0 Å². The van der Waals surface area contributed by atoms with Crippen molar-refractivity contribution in [3.63, 3.8) is 0 Å². The molecule has 0 radical (unpaired) electrons. The van der Waals surface area contributed by atoms with E-state index in [1.165, 1.54) is 0 Å². The van der Waals surface area contributed by atoms with Gasteiger partial charge in [-0.1, -0.05) is 25.1 Å². The molecule has 0 aliphatic rings. The second-order valence-corrected chi connectivity index (χ2v) is 5.12. The smallest absolute Gasteiger partial charge is 0.413 e. The number of ether oxygens (including phenoxy) is 1. The van der Waals surface area contributed by atoms with Crippen molar-refractivity contribution in [3.8, 4) is 5.75 Å². The van der Waals surface area contributed by atoms with Crippen LogP contribution in [0.15, 0.2) is 30.3 Å². The summed E-state index contributed by atoms with van der Waals surface area (Å²) in [6.07, 6.45) is -0.377.